The van der Waals surface area contributed by atoms with Crippen molar-refractivity contribution in [2.24, 2.45) is 0 Å². The quantitative estimate of drug-likeness (QED) is 0.698. The summed E-state index contributed by atoms with van der Waals surface area (Å²) in [5.41, 5.74) is 5.24. The molecule has 1 saturated heterocycles. The molecule has 0 amide bonds. The van der Waals surface area contributed by atoms with Gasteiger partial charge in [0.05, 0.1) is 13.1 Å². The van der Waals surface area contributed by atoms with E-state index < -0.39 is 0 Å². The van der Waals surface area contributed by atoms with Gasteiger partial charge in [-0.1, -0.05) is 42.5 Å². The Kier molecular flexibility index (Phi) is 5.16. The first-order valence-corrected chi connectivity index (χ1v) is 9.52. The number of aryl methyl sites for hydroxylation is 2. The van der Waals surface area contributed by atoms with E-state index in [1.165, 1.54) is 22.4 Å². The molecule has 0 bridgehead atoms. The van der Waals surface area contributed by atoms with Crippen molar-refractivity contribution >= 4 is 5.69 Å². The minimum Gasteiger partial charge on any atom is -0.369 e. The van der Waals surface area contributed by atoms with Crippen molar-refractivity contribution in [3.8, 4) is 0 Å². The summed E-state index contributed by atoms with van der Waals surface area (Å²) in [5.74, 6) is 0.930. The van der Waals surface area contributed by atoms with E-state index in [2.05, 4.69) is 69.5 Å². The van der Waals surface area contributed by atoms with Crippen LogP contribution in [-0.2, 0) is 13.1 Å². The van der Waals surface area contributed by atoms with E-state index in [0.29, 0.717) is 6.54 Å². The molecule has 0 atom stereocenters. The number of tetrazole rings is 1. The lowest BCUT2D eigenvalue weighted by Crippen LogP contribution is -2.46. The second-order valence-electron chi connectivity index (χ2n) is 7.29. The van der Waals surface area contributed by atoms with Gasteiger partial charge in [0.2, 0.25) is 0 Å². The van der Waals surface area contributed by atoms with Crippen LogP contribution in [0.25, 0.3) is 0 Å². The number of nitrogens with zero attached hydrogens (tertiary/aromatic N) is 6. The first kappa shape index (κ1) is 17.7. The van der Waals surface area contributed by atoms with Gasteiger partial charge in [-0.2, -0.15) is 0 Å². The van der Waals surface area contributed by atoms with E-state index in [0.717, 1.165) is 38.5 Å². The first-order chi connectivity index (χ1) is 13.2. The Morgan fingerprint density at radius 1 is 0.889 bits per heavy atom. The molecule has 27 heavy (non-hydrogen) atoms. The largest absolute Gasteiger partial charge is 0.369 e. The predicted molar refractivity (Wildman–Crippen MR) is 107 cm³/mol. The van der Waals surface area contributed by atoms with Crippen molar-refractivity contribution in [1.82, 2.24) is 25.1 Å². The molecule has 3 aromatic rings. The van der Waals surface area contributed by atoms with Crippen molar-refractivity contribution in [1.29, 1.82) is 0 Å². The van der Waals surface area contributed by atoms with Gasteiger partial charge in [-0.15, -0.1) is 5.10 Å². The molecular formula is C21H26N6. The smallest absolute Gasteiger partial charge is 0.165 e. The molecule has 140 valence electrons. The number of anilines is 1. The summed E-state index contributed by atoms with van der Waals surface area (Å²) in [6.45, 7) is 9.96. The molecule has 0 aliphatic carbocycles. The van der Waals surface area contributed by atoms with E-state index in [-0.39, 0.29) is 0 Å². The summed E-state index contributed by atoms with van der Waals surface area (Å²) >= 11 is 0. The van der Waals surface area contributed by atoms with Gasteiger partial charge in [0, 0.05) is 31.9 Å². The summed E-state index contributed by atoms with van der Waals surface area (Å²) in [6, 6.07) is 17.0. The number of piperazine rings is 1. The number of hydrogen-bond acceptors (Lipinski definition) is 5. The van der Waals surface area contributed by atoms with Crippen LogP contribution in [0.2, 0.25) is 0 Å². The molecule has 2 aromatic carbocycles. The molecule has 6 heteroatoms. The topological polar surface area (TPSA) is 50.1 Å². The average Bonchev–Trinajstić information content (AvgIpc) is 3.12. The zero-order valence-electron chi connectivity index (χ0n) is 16.0. The predicted octanol–water partition coefficient (Wildman–Crippen LogP) is 2.66. The van der Waals surface area contributed by atoms with Crippen LogP contribution in [0.5, 0.6) is 0 Å². The summed E-state index contributed by atoms with van der Waals surface area (Å²) in [5, 5.41) is 12.3. The highest BCUT2D eigenvalue weighted by atomic mass is 15.5. The fraction of sp³-hybridized carbons (Fsp3) is 0.381. The molecule has 4 rings (SSSR count). The summed E-state index contributed by atoms with van der Waals surface area (Å²) in [6.07, 6.45) is 0. The Balaban J connectivity index is 1.37. The van der Waals surface area contributed by atoms with Crippen molar-refractivity contribution in [2.75, 3.05) is 31.1 Å². The van der Waals surface area contributed by atoms with Crippen molar-refractivity contribution in [2.45, 2.75) is 26.9 Å². The Hall–Kier alpha value is -2.73. The Morgan fingerprint density at radius 2 is 1.67 bits per heavy atom. The maximum atomic E-state index is 4.26. The molecule has 1 aliphatic rings. The second kappa shape index (κ2) is 7.88. The normalized spacial score (nSPS) is 15.3. The van der Waals surface area contributed by atoms with Crippen LogP contribution in [-0.4, -0.2) is 51.3 Å². The van der Waals surface area contributed by atoms with Crippen molar-refractivity contribution in [3.63, 3.8) is 0 Å². The highest BCUT2D eigenvalue weighted by Gasteiger charge is 2.20. The molecule has 0 N–H and O–H groups in total. The van der Waals surface area contributed by atoms with Crippen LogP contribution in [0, 0.1) is 13.8 Å². The van der Waals surface area contributed by atoms with Crippen molar-refractivity contribution in [3.05, 3.63) is 71.0 Å². The summed E-state index contributed by atoms with van der Waals surface area (Å²) in [4.78, 5) is 4.93. The number of benzene rings is 2. The van der Waals surface area contributed by atoms with Crippen LogP contribution >= 0.6 is 0 Å². The van der Waals surface area contributed by atoms with E-state index in [1.54, 1.807) is 0 Å². The van der Waals surface area contributed by atoms with Gasteiger partial charge in [0.25, 0.3) is 0 Å². The average molecular weight is 362 g/mol. The Bertz CT molecular complexity index is 881. The van der Waals surface area contributed by atoms with E-state index in [4.69, 9.17) is 0 Å². The number of aromatic nitrogens is 4. The molecule has 1 aromatic heterocycles. The highest BCUT2D eigenvalue weighted by Crippen LogP contribution is 2.23. The van der Waals surface area contributed by atoms with E-state index in [9.17, 15) is 0 Å². The highest BCUT2D eigenvalue weighted by molar-refractivity contribution is 5.55. The third-order valence-electron chi connectivity index (χ3n) is 5.22. The molecule has 1 aliphatic heterocycles. The van der Waals surface area contributed by atoms with Gasteiger partial charge < -0.3 is 4.90 Å². The molecule has 0 radical (unpaired) electrons. The first-order valence-electron chi connectivity index (χ1n) is 9.52. The maximum absolute atomic E-state index is 4.26. The summed E-state index contributed by atoms with van der Waals surface area (Å²) < 4.78 is 1.91. The van der Waals surface area contributed by atoms with Crippen LogP contribution in [0.3, 0.4) is 0 Å². The standard InChI is InChI=1S/C21H26N6/c1-17-8-9-18(2)20(14-17)26-12-10-25(11-13-26)16-21-22-23-24-27(21)15-19-6-4-3-5-7-19/h3-9,14H,10-13,15-16H2,1-2H3. The molecule has 0 unspecified atom stereocenters. The number of hydrogen-bond donors (Lipinski definition) is 0. The summed E-state index contributed by atoms with van der Waals surface area (Å²) in [7, 11) is 0. The third-order valence-corrected chi connectivity index (χ3v) is 5.22. The number of rotatable bonds is 5. The van der Waals surface area contributed by atoms with E-state index in [1.807, 2.05) is 22.9 Å². The zero-order valence-corrected chi connectivity index (χ0v) is 16.0. The van der Waals surface area contributed by atoms with Gasteiger partial charge in [-0.3, -0.25) is 4.90 Å². The van der Waals surface area contributed by atoms with Crippen molar-refractivity contribution < 1.29 is 0 Å². The molecule has 6 nitrogen and oxygen atoms in total. The Labute approximate surface area is 160 Å². The monoisotopic (exact) mass is 362 g/mol. The van der Waals surface area contributed by atoms with Crippen LogP contribution in [0.15, 0.2) is 48.5 Å². The van der Waals surface area contributed by atoms with Gasteiger partial charge in [-0.25, -0.2) is 4.68 Å². The lowest BCUT2D eigenvalue weighted by atomic mass is 10.1. The Morgan fingerprint density at radius 3 is 2.44 bits per heavy atom. The second-order valence-corrected chi connectivity index (χ2v) is 7.29. The minimum atomic E-state index is 0.714. The van der Waals surface area contributed by atoms with Gasteiger partial charge >= 0.3 is 0 Å². The van der Waals surface area contributed by atoms with Gasteiger partial charge in [-0.05, 0) is 47.0 Å². The molecule has 2 heterocycles. The van der Waals surface area contributed by atoms with Crippen LogP contribution in [0.4, 0.5) is 5.69 Å². The fourth-order valence-electron chi connectivity index (χ4n) is 3.62. The van der Waals surface area contributed by atoms with Crippen LogP contribution < -0.4 is 4.90 Å². The fourth-order valence-corrected chi connectivity index (χ4v) is 3.62. The molecule has 0 saturated carbocycles. The van der Waals surface area contributed by atoms with Crippen LogP contribution in [0.1, 0.15) is 22.5 Å². The van der Waals surface area contributed by atoms with Gasteiger partial charge in [0.15, 0.2) is 5.82 Å². The van der Waals surface area contributed by atoms with E-state index >= 15 is 0 Å². The zero-order chi connectivity index (χ0) is 18.6. The van der Waals surface area contributed by atoms with Gasteiger partial charge in [0.1, 0.15) is 0 Å². The third kappa shape index (κ3) is 4.17. The minimum absolute atomic E-state index is 0.714. The molecule has 1 fully saturated rings. The molecular weight excluding hydrogens is 336 g/mol. The maximum Gasteiger partial charge on any atom is 0.165 e. The lowest BCUT2D eigenvalue weighted by molar-refractivity contribution is 0.240. The SMILES string of the molecule is Cc1ccc(C)c(N2CCN(Cc3nnnn3Cc3ccccc3)CC2)c1. The lowest BCUT2D eigenvalue weighted by Gasteiger charge is -2.36. The molecule has 0 spiro atoms.